The molecule has 5 rings (SSSR count). The summed E-state index contributed by atoms with van der Waals surface area (Å²) in [5.41, 5.74) is 3.39. The van der Waals surface area contributed by atoms with Crippen molar-refractivity contribution in [2.45, 2.75) is 12.2 Å². The van der Waals surface area contributed by atoms with Crippen LogP contribution in [0.15, 0.2) is 109 Å². The fourth-order valence-electron chi connectivity index (χ4n) is 4.94. The van der Waals surface area contributed by atoms with Crippen molar-refractivity contribution in [2.24, 2.45) is 5.92 Å². The number of hydrogen-bond acceptors (Lipinski definition) is 2. The standard InChI is InChI=1S/C31H27F3N2O/c32-31(33,34)26-17-15-23(16-18-26)27-13-7-8-14-28(27)30(37)35-19-22-20-36(21-22)29(24-9-3-1-4-10-24)25-11-5-2-6-12-25/h1-18,22,29H,19-21H2,(H,35,37). The zero-order valence-corrected chi connectivity index (χ0v) is 20.2. The van der Waals surface area contributed by atoms with Crippen LogP contribution in [0.4, 0.5) is 13.2 Å². The maximum atomic E-state index is 13.1. The molecule has 0 unspecified atom stereocenters. The Kier molecular flexibility index (Phi) is 7.10. The predicted octanol–water partition coefficient (Wildman–Crippen LogP) is 6.82. The number of benzene rings is 4. The normalized spacial score (nSPS) is 14.4. The molecule has 0 aromatic heterocycles. The number of carbonyl (C=O) groups is 1. The third kappa shape index (κ3) is 5.59. The molecule has 37 heavy (non-hydrogen) atoms. The first-order valence-electron chi connectivity index (χ1n) is 12.3. The molecule has 0 atom stereocenters. The minimum atomic E-state index is -4.40. The topological polar surface area (TPSA) is 32.3 Å². The van der Waals surface area contributed by atoms with Crippen molar-refractivity contribution in [3.63, 3.8) is 0 Å². The van der Waals surface area contributed by atoms with Gasteiger partial charge >= 0.3 is 6.18 Å². The smallest absolute Gasteiger partial charge is 0.352 e. The highest BCUT2D eigenvalue weighted by Crippen LogP contribution is 2.34. The van der Waals surface area contributed by atoms with Gasteiger partial charge in [0.25, 0.3) is 5.91 Å². The largest absolute Gasteiger partial charge is 0.416 e. The van der Waals surface area contributed by atoms with Crippen LogP contribution in [-0.4, -0.2) is 30.4 Å². The van der Waals surface area contributed by atoms with Gasteiger partial charge in [-0.05, 0) is 40.5 Å². The first-order valence-corrected chi connectivity index (χ1v) is 12.3. The van der Waals surface area contributed by atoms with Crippen LogP contribution in [0.1, 0.15) is 33.1 Å². The van der Waals surface area contributed by atoms with Crippen molar-refractivity contribution in [3.8, 4) is 11.1 Å². The lowest BCUT2D eigenvalue weighted by Gasteiger charge is -2.45. The number of amides is 1. The van der Waals surface area contributed by atoms with E-state index in [1.54, 1.807) is 24.3 Å². The zero-order chi connectivity index (χ0) is 25.8. The summed E-state index contributed by atoms with van der Waals surface area (Å²) >= 11 is 0. The summed E-state index contributed by atoms with van der Waals surface area (Å²) in [5, 5.41) is 3.04. The third-order valence-electron chi connectivity index (χ3n) is 6.83. The number of likely N-dealkylation sites (tertiary alicyclic amines) is 1. The van der Waals surface area contributed by atoms with Crippen molar-refractivity contribution < 1.29 is 18.0 Å². The molecule has 0 radical (unpaired) electrons. The van der Waals surface area contributed by atoms with Crippen LogP contribution in [0.2, 0.25) is 0 Å². The predicted molar refractivity (Wildman–Crippen MR) is 139 cm³/mol. The van der Waals surface area contributed by atoms with Crippen LogP contribution in [0, 0.1) is 5.92 Å². The van der Waals surface area contributed by atoms with Crippen molar-refractivity contribution in [1.82, 2.24) is 10.2 Å². The number of nitrogens with one attached hydrogen (secondary N) is 1. The van der Waals surface area contributed by atoms with Crippen LogP contribution < -0.4 is 5.32 Å². The van der Waals surface area contributed by atoms with Crippen LogP contribution in [0.5, 0.6) is 0 Å². The molecule has 1 fully saturated rings. The lowest BCUT2D eigenvalue weighted by atomic mass is 9.90. The minimum absolute atomic E-state index is 0.162. The monoisotopic (exact) mass is 500 g/mol. The molecule has 6 heteroatoms. The molecular weight excluding hydrogens is 473 g/mol. The van der Waals surface area contributed by atoms with Gasteiger partial charge in [-0.2, -0.15) is 13.2 Å². The highest BCUT2D eigenvalue weighted by Gasteiger charge is 2.34. The number of rotatable bonds is 7. The van der Waals surface area contributed by atoms with Gasteiger partial charge in [0, 0.05) is 31.1 Å². The summed E-state index contributed by atoms with van der Waals surface area (Å²) in [6.45, 7) is 2.25. The molecule has 1 saturated heterocycles. The molecule has 0 bridgehead atoms. The Bertz CT molecular complexity index is 1290. The molecule has 0 saturated carbocycles. The fourth-order valence-corrected chi connectivity index (χ4v) is 4.94. The van der Waals surface area contributed by atoms with Crippen molar-refractivity contribution in [3.05, 3.63) is 131 Å². The number of alkyl halides is 3. The highest BCUT2D eigenvalue weighted by molar-refractivity contribution is 6.00. The van der Waals surface area contributed by atoms with E-state index in [-0.39, 0.29) is 11.9 Å². The van der Waals surface area contributed by atoms with Crippen LogP contribution in [0.3, 0.4) is 0 Å². The lowest BCUT2D eigenvalue weighted by Crippen LogP contribution is -2.52. The molecule has 1 amide bonds. The van der Waals surface area contributed by atoms with E-state index in [0.29, 0.717) is 29.2 Å². The van der Waals surface area contributed by atoms with Crippen molar-refractivity contribution in [2.75, 3.05) is 19.6 Å². The van der Waals surface area contributed by atoms with Crippen molar-refractivity contribution in [1.29, 1.82) is 0 Å². The molecule has 0 spiro atoms. The van der Waals surface area contributed by atoms with Gasteiger partial charge in [-0.1, -0.05) is 91.0 Å². The second-order valence-electron chi connectivity index (χ2n) is 9.37. The summed E-state index contributed by atoms with van der Waals surface area (Å²) in [7, 11) is 0. The Morgan fingerprint density at radius 3 is 1.89 bits per heavy atom. The van der Waals surface area contributed by atoms with Crippen LogP contribution in [-0.2, 0) is 6.18 Å². The second-order valence-corrected chi connectivity index (χ2v) is 9.37. The summed E-state index contributed by atoms with van der Waals surface area (Å²) in [6, 6.07) is 32.9. The molecule has 4 aromatic carbocycles. The van der Waals surface area contributed by atoms with Gasteiger partial charge in [-0.3, -0.25) is 9.69 Å². The first-order chi connectivity index (χ1) is 17.9. The first kappa shape index (κ1) is 24.8. The molecule has 4 aromatic rings. The Labute approximate surface area is 214 Å². The van der Waals surface area contributed by atoms with Gasteiger partial charge in [0.05, 0.1) is 11.6 Å². The minimum Gasteiger partial charge on any atom is -0.352 e. The lowest BCUT2D eigenvalue weighted by molar-refractivity contribution is -0.137. The number of halogens is 3. The molecular formula is C31H27F3N2O. The maximum Gasteiger partial charge on any atom is 0.416 e. The molecule has 0 aliphatic carbocycles. The average molecular weight is 501 g/mol. The average Bonchev–Trinajstić information content (AvgIpc) is 2.90. The number of nitrogens with zero attached hydrogens (tertiary/aromatic N) is 1. The van der Waals surface area contributed by atoms with Crippen molar-refractivity contribution >= 4 is 5.91 Å². The van der Waals surface area contributed by atoms with E-state index < -0.39 is 11.7 Å². The summed E-state index contributed by atoms with van der Waals surface area (Å²) in [5.74, 6) is 0.0914. The van der Waals surface area contributed by atoms with E-state index in [0.717, 1.165) is 25.2 Å². The summed E-state index contributed by atoms with van der Waals surface area (Å²) in [6.07, 6.45) is -4.40. The quantitative estimate of drug-likeness (QED) is 0.302. The number of hydrogen-bond donors (Lipinski definition) is 1. The molecule has 3 nitrogen and oxygen atoms in total. The van der Waals surface area contributed by atoms with Gasteiger partial charge in [-0.15, -0.1) is 0 Å². The van der Waals surface area contributed by atoms with E-state index in [9.17, 15) is 18.0 Å². The Balaban J connectivity index is 1.23. The van der Waals surface area contributed by atoms with Crippen LogP contribution >= 0.6 is 0 Å². The molecule has 1 aliphatic rings. The van der Waals surface area contributed by atoms with Gasteiger partial charge < -0.3 is 5.32 Å². The SMILES string of the molecule is O=C(NCC1CN(C(c2ccccc2)c2ccccc2)C1)c1ccccc1-c1ccc(C(F)(F)F)cc1. The van der Waals surface area contributed by atoms with Gasteiger partial charge in [0.1, 0.15) is 0 Å². The molecule has 188 valence electrons. The Hall–Kier alpha value is -3.90. The summed E-state index contributed by atoms with van der Waals surface area (Å²) < 4.78 is 38.8. The van der Waals surface area contributed by atoms with E-state index in [4.69, 9.17) is 0 Å². The van der Waals surface area contributed by atoms with Gasteiger partial charge in [0.2, 0.25) is 0 Å². The molecule has 1 heterocycles. The zero-order valence-electron chi connectivity index (χ0n) is 20.2. The highest BCUT2D eigenvalue weighted by atomic mass is 19.4. The van der Waals surface area contributed by atoms with Gasteiger partial charge in [-0.25, -0.2) is 0 Å². The van der Waals surface area contributed by atoms with Gasteiger partial charge in [0.15, 0.2) is 0 Å². The number of carbonyl (C=O) groups excluding carboxylic acids is 1. The molecule has 1 aliphatic heterocycles. The van der Waals surface area contributed by atoms with E-state index >= 15 is 0 Å². The van der Waals surface area contributed by atoms with E-state index in [2.05, 4.69) is 58.7 Å². The Morgan fingerprint density at radius 1 is 0.784 bits per heavy atom. The third-order valence-corrected chi connectivity index (χ3v) is 6.83. The summed E-state index contributed by atoms with van der Waals surface area (Å²) in [4.78, 5) is 15.5. The second kappa shape index (κ2) is 10.6. The molecule has 1 N–H and O–H groups in total. The maximum absolute atomic E-state index is 13.1. The Morgan fingerprint density at radius 2 is 1.32 bits per heavy atom. The van der Waals surface area contributed by atoms with Crippen LogP contribution in [0.25, 0.3) is 11.1 Å². The fraction of sp³-hybridized carbons (Fsp3) is 0.194. The van der Waals surface area contributed by atoms with E-state index in [1.807, 2.05) is 12.1 Å². The van der Waals surface area contributed by atoms with E-state index in [1.165, 1.54) is 23.3 Å².